The van der Waals surface area contributed by atoms with E-state index in [0.717, 1.165) is 34.8 Å². The first-order valence-corrected chi connectivity index (χ1v) is 10.3. The zero-order valence-electron chi connectivity index (χ0n) is 17.4. The van der Waals surface area contributed by atoms with Gasteiger partial charge in [-0.2, -0.15) is 0 Å². The van der Waals surface area contributed by atoms with Crippen LogP contribution >= 0.6 is 23.8 Å². The summed E-state index contributed by atoms with van der Waals surface area (Å²) >= 11 is 11.7. The molecule has 0 aliphatic carbocycles. The minimum absolute atomic E-state index is 0.0611. The molecule has 1 aromatic carbocycles. The normalized spacial score (nSPS) is 16.6. The maximum absolute atomic E-state index is 11.9. The topological polar surface area (TPSA) is 70.1 Å². The second-order valence-corrected chi connectivity index (χ2v) is 7.56. The molecule has 0 unspecified atom stereocenters. The first-order chi connectivity index (χ1) is 14.2. The van der Waals surface area contributed by atoms with Crippen LogP contribution in [0.25, 0.3) is 5.03 Å². The maximum Gasteiger partial charge on any atom is 0.421 e. The highest BCUT2D eigenvalue weighted by atomic mass is 35.5. The first-order valence-electron chi connectivity index (χ1n) is 9.55. The number of anilines is 1. The fourth-order valence-corrected chi connectivity index (χ4v) is 3.70. The summed E-state index contributed by atoms with van der Waals surface area (Å²) in [5.41, 5.74) is 3.47. The number of carbonyl (C=O) groups is 2. The number of carboxylic acids is 1. The van der Waals surface area contributed by atoms with Crippen LogP contribution in [-0.4, -0.2) is 46.7 Å². The lowest BCUT2D eigenvalue weighted by molar-refractivity contribution is -0.136. The van der Waals surface area contributed by atoms with Gasteiger partial charge < -0.3 is 14.7 Å². The van der Waals surface area contributed by atoms with Gasteiger partial charge in [0, 0.05) is 23.8 Å². The van der Waals surface area contributed by atoms with Crippen LogP contribution in [0.4, 0.5) is 10.5 Å². The number of hydrogen-bond acceptors (Lipinski definition) is 5. The van der Waals surface area contributed by atoms with Crippen molar-refractivity contribution in [1.29, 1.82) is 0 Å². The molecule has 0 spiro atoms. The molecule has 1 fully saturated rings. The third-order valence-electron chi connectivity index (χ3n) is 4.57. The van der Waals surface area contributed by atoms with Crippen LogP contribution in [0.3, 0.4) is 0 Å². The third kappa shape index (κ3) is 5.70. The molecule has 0 radical (unpaired) electrons. The number of carbonyl (C=O) groups excluding carboxylic acids is 1. The van der Waals surface area contributed by atoms with E-state index in [1.54, 1.807) is 13.0 Å². The molecule has 1 aliphatic heterocycles. The van der Waals surface area contributed by atoms with Gasteiger partial charge in [0.1, 0.15) is 6.54 Å². The highest BCUT2D eigenvalue weighted by Gasteiger charge is 2.35. The summed E-state index contributed by atoms with van der Waals surface area (Å²) in [6.45, 7) is 9.17. The van der Waals surface area contributed by atoms with Gasteiger partial charge in [0.15, 0.2) is 10.7 Å². The Morgan fingerprint density at radius 3 is 2.33 bits per heavy atom. The van der Waals surface area contributed by atoms with Crippen LogP contribution in [0.5, 0.6) is 0 Å². The van der Waals surface area contributed by atoms with Crippen molar-refractivity contribution in [3.63, 3.8) is 0 Å². The fraction of sp³-hybridized carbons (Fsp3) is 0.318. The number of carboxylic acid groups (broad SMARTS) is 1. The fourth-order valence-electron chi connectivity index (χ4n) is 3.06. The molecule has 2 rings (SSSR count). The Bertz CT molecular complexity index is 931. The van der Waals surface area contributed by atoms with E-state index in [4.69, 9.17) is 33.7 Å². The predicted molar refractivity (Wildman–Crippen MR) is 124 cm³/mol. The highest BCUT2D eigenvalue weighted by molar-refractivity contribution is 7.80. The summed E-state index contributed by atoms with van der Waals surface area (Å²) in [6.07, 6.45) is 2.81. The lowest BCUT2D eigenvalue weighted by Crippen LogP contribution is -2.33. The minimum Gasteiger partial charge on any atom is -0.480 e. The third-order valence-corrected chi connectivity index (χ3v) is 5.30. The van der Waals surface area contributed by atoms with Gasteiger partial charge in [-0.3, -0.25) is 9.69 Å². The second-order valence-electron chi connectivity index (χ2n) is 6.76. The molecular formula is C22H25ClN2O4S. The Balaban J connectivity index is 2.21. The van der Waals surface area contributed by atoms with Crippen LogP contribution in [0.15, 0.2) is 53.3 Å². The molecule has 0 saturated carbocycles. The number of nitrogens with zero attached hydrogens (tertiary/aromatic N) is 2. The lowest BCUT2D eigenvalue weighted by atomic mass is 10.1. The summed E-state index contributed by atoms with van der Waals surface area (Å²) in [5.74, 6) is -0.981. The predicted octanol–water partition coefficient (Wildman–Crippen LogP) is 5.20. The van der Waals surface area contributed by atoms with Gasteiger partial charge in [0.05, 0.1) is 0 Å². The van der Waals surface area contributed by atoms with Crippen molar-refractivity contribution in [2.24, 2.45) is 0 Å². The number of halogens is 1. The SMILES string of the molecule is CCN(CC)c1ccc(/C(Cl)=C/C(C)=C/C(C)=C2/OC(=O)N(CC(=O)O)C2=S)cc1. The van der Waals surface area contributed by atoms with Crippen LogP contribution in [0.2, 0.25) is 0 Å². The van der Waals surface area contributed by atoms with E-state index >= 15 is 0 Å². The summed E-state index contributed by atoms with van der Waals surface area (Å²) in [6, 6.07) is 8.03. The van der Waals surface area contributed by atoms with Crippen LogP contribution in [0, 0.1) is 0 Å². The van der Waals surface area contributed by atoms with Gasteiger partial charge in [-0.25, -0.2) is 4.79 Å². The Labute approximate surface area is 187 Å². The molecule has 1 aliphatic rings. The molecule has 0 bridgehead atoms. The lowest BCUT2D eigenvalue weighted by Gasteiger charge is -2.21. The number of amides is 1. The summed E-state index contributed by atoms with van der Waals surface area (Å²) < 4.78 is 5.16. The van der Waals surface area contributed by atoms with Gasteiger partial charge in [-0.05, 0) is 62.6 Å². The van der Waals surface area contributed by atoms with E-state index < -0.39 is 18.6 Å². The number of rotatable bonds is 8. The number of cyclic esters (lactones) is 1. The molecule has 1 heterocycles. The summed E-state index contributed by atoms with van der Waals surface area (Å²) in [4.78, 5) is 26.0. The molecule has 1 N–H and O–H groups in total. The van der Waals surface area contributed by atoms with Gasteiger partial charge in [-0.15, -0.1) is 0 Å². The van der Waals surface area contributed by atoms with Crippen molar-refractivity contribution in [3.05, 3.63) is 58.9 Å². The minimum atomic E-state index is -1.17. The van der Waals surface area contributed by atoms with E-state index in [-0.39, 0.29) is 10.7 Å². The van der Waals surface area contributed by atoms with E-state index in [9.17, 15) is 9.59 Å². The summed E-state index contributed by atoms with van der Waals surface area (Å²) in [7, 11) is 0. The molecule has 8 heteroatoms. The molecule has 1 saturated heterocycles. The average molecular weight is 449 g/mol. The molecule has 160 valence electrons. The number of thiocarbonyl (C=S) groups is 1. The van der Waals surface area contributed by atoms with E-state index in [1.807, 2.05) is 37.3 Å². The largest absolute Gasteiger partial charge is 0.480 e. The zero-order valence-corrected chi connectivity index (χ0v) is 19.0. The van der Waals surface area contributed by atoms with Crippen molar-refractivity contribution in [2.45, 2.75) is 27.7 Å². The van der Waals surface area contributed by atoms with Gasteiger partial charge in [0.2, 0.25) is 0 Å². The number of allylic oxidation sites excluding steroid dienone is 4. The van der Waals surface area contributed by atoms with Gasteiger partial charge in [-0.1, -0.05) is 42.0 Å². The number of benzene rings is 1. The Kier molecular flexibility index (Phi) is 8.20. The Morgan fingerprint density at radius 1 is 1.20 bits per heavy atom. The molecule has 6 nitrogen and oxygen atoms in total. The summed E-state index contributed by atoms with van der Waals surface area (Å²) in [5, 5.41) is 9.48. The van der Waals surface area contributed by atoms with Crippen molar-refractivity contribution in [1.82, 2.24) is 4.90 Å². The van der Waals surface area contributed by atoms with Gasteiger partial charge >= 0.3 is 12.1 Å². The molecule has 1 amide bonds. The molecule has 1 aromatic rings. The Hall–Kier alpha value is -2.64. The standard InChI is InChI=1S/C22H25ClN2O4S/c1-5-24(6-2)17-9-7-16(8-10-17)18(23)12-14(3)11-15(4)20-21(30)25(13-19(26)27)22(28)29-20/h7-12H,5-6,13H2,1-4H3,(H,26,27)/b14-11+,18-12-,20-15+. The number of aliphatic carboxylic acids is 1. The van der Waals surface area contributed by atoms with Crippen LogP contribution in [0.1, 0.15) is 33.3 Å². The van der Waals surface area contributed by atoms with Gasteiger partial charge in [0.25, 0.3) is 0 Å². The number of hydrogen-bond donors (Lipinski definition) is 1. The van der Waals surface area contributed by atoms with Crippen molar-refractivity contribution in [3.8, 4) is 0 Å². The first kappa shape index (κ1) is 23.6. The van der Waals surface area contributed by atoms with Crippen molar-refractivity contribution < 1.29 is 19.4 Å². The monoisotopic (exact) mass is 448 g/mol. The molecule has 0 atom stereocenters. The average Bonchev–Trinajstić information content (AvgIpc) is 2.97. The van der Waals surface area contributed by atoms with Crippen LogP contribution < -0.4 is 4.90 Å². The van der Waals surface area contributed by atoms with Crippen molar-refractivity contribution >= 4 is 51.6 Å². The van der Waals surface area contributed by atoms with E-state index in [1.165, 1.54) is 0 Å². The highest BCUT2D eigenvalue weighted by Crippen LogP contribution is 2.26. The quantitative estimate of drug-likeness (QED) is 0.335. The molecule has 30 heavy (non-hydrogen) atoms. The molecular weight excluding hydrogens is 424 g/mol. The van der Waals surface area contributed by atoms with Crippen LogP contribution in [-0.2, 0) is 9.53 Å². The Morgan fingerprint density at radius 2 is 1.80 bits per heavy atom. The smallest absolute Gasteiger partial charge is 0.421 e. The van der Waals surface area contributed by atoms with E-state index in [2.05, 4.69) is 18.7 Å². The number of ether oxygens (including phenoxy) is 1. The maximum atomic E-state index is 11.9. The van der Waals surface area contributed by atoms with Crippen molar-refractivity contribution in [2.75, 3.05) is 24.5 Å². The molecule has 0 aromatic heterocycles. The second kappa shape index (κ2) is 10.4. The zero-order chi connectivity index (χ0) is 22.4. The van der Waals surface area contributed by atoms with E-state index in [0.29, 0.717) is 10.6 Å².